The highest BCUT2D eigenvalue weighted by atomic mass is 35.7. The Bertz CT molecular complexity index is 652. The van der Waals surface area contributed by atoms with E-state index in [-0.39, 0.29) is 34.4 Å². The molecular formula is C10H12Cl2O5S2. The highest BCUT2D eigenvalue weighted by Gasteiger charge is 2.17. The Labute approximate surface area is 121 Å². The van der Waals surface area contributed by atoms with E-state index in [1.54, 1.807) is 0 Å². The van der Waals surface area contributed by atoms with Crippen molar-refractivity contribution in [2.45, 2.75) is 11.3 Å². The van der Waals surface area contributed by atoms with Crippen LogP contribution in [0.5, 0.6) is 5.75 Å². The van der Waals surface area contributed by atoms with Gasteiger partial charge in [0, 0.05) is 22.0 Å². The van der Waals surface area contributed by atoms with Gasteiger partial charge < -0.3 is 4.74 Å². The molecule has 9 heteroatoms. The van der Waals surface area contributed by atoms with E-state index >= 15 is 0 Å². The molecule has 1 aromatic carbocycles. The van der Waals surface area contributed by atoms with Crippen molar-refractivity contribution in [3.05, 3.63) is 23.2 Å². The van der Waals surface area contributed by atoms with Gasteiger partial charge in [0.05, 0.1) is 12.4 Å². The van der Waals surface area contributed by atoms with Crippen molar-refractivity contribution in [2.24, 2.45) is 0 Å². The lowest BCUT2D eigenvalue weighted by atomic mass is 10.3. The van der Waals surface area contributed by atoms with Gasteiger partial charge in [-0.3, -0.25) is 0 Å². The summed E-state index contributed by atoms with van der Waals surface area (Å²) < 4.78 is 49.7. The molecule has 1 aromatic rings. The van der Waals surface area contributed by atoms with E-state index < -0.39 is 18.9 Å². The fraction of sp³-hybridized carbons (Fsp3) is 0.400. The molecule has 19 heavy (non-hydrogen) atoms. The smallest absolute Gasteiger partial charge is 0.265 e. The summed E-state index contributed by atoms with van der Waals surface area (Å²) in [4.78, 5) is -0.235. The summed E-state index contributed by atoms with van der Waals surface area (Å²) in [7, 11) is -1.79. The van der Waals surface area contributed by atoms with Gasteiger partial charge in [0.2, 0.25) is 0 Å². The third-order valence-corrected chi connectivity index (χ3v) is 4.69. The predicted molar refractivity (Wildman–Crippen MR) is 74.3 cm³/mol. The third kappa shape index (κ3) is 5.99. The first-order chi connectivity index (χ1) is 8.59. The van der Waals surface area contributed by atoms with Crippen molar-refractivity contribution < 1.29 is 21.6 Å². The summed E-state index contributed by atoms with van der Waals surface area (Å²) in [6.45, 7) is 0.0636. The Kier molecular flexibility index (Phi) is 5.49. The first-order valence-corrected chi connectivity index (χ1v) is 9.89. The Hall–Kier alpha value is -0.500. The second-order valence-electron chi connectivity index (χ2n) is 3.86. The third-order valence-electron chi connectivity index (χ3n) is 2.09. The zero-order valence-corrected chi connectivity index (χ0v) is 13.1. The predicted octanol–water partition coefficient (Wildman–Crippen LogP) is 2.08. The van der Waals surface area contributed by atoms with Crippen LogP contribution in [0.15, 0.2) is 23.1 Å². The molecule has 0 aliphatic rings. The van der Waals surface area contributed by atoms with Crippen LogP contribution in [0.4, 0.5) is 0 Å². The second-order valence-corrected chi connectivity index (χ2v) is 9.09. The minimum absolute atomic E-state index is 0.0381. The number of halogens is 2. The Balaban J connectivity index is 2.79. The monoisotopic (exact) mass is 346 g/mol. The number of rotatable bonds is 6. The van der Waals surface area contributed by atoms with E-state index in [2.05, 4.69) is 0 Å². The molecule has 5 nitrogen and oxygen atoms in total. The van der Waals surface area contributed by atoms with Gasteiger partial charge in [-0.05, 0) is 24.6 Å². The molecule has 0 saturated heterocycles. The van der Waals surface area contributed by atoms with E-state index in [0.29, 0.717) is 0 Å². The maximum atomic E-state index is 11.3. The molecule has 0 unspecified atom stereocenters. The standard InChI is InChI=1S/C10H12Cl2O5S2/c1-18(13,14)6-2-5-17-9-4-3-8(11)7-10(9)19(12,15)16/h3-4,7H,2,5-6H2,1H3. The molecule has 0 amide bonds. The highest BCUT2D eigenvalue weighted by molar-refractivity contribution is 8.13. The molecule has 0 aliphatic heterocycles. The molecule has 0 atom stereocenters. The summed E-state index contributed by atoms with van der Waals surface area (Å²) in [6.07, 6.45) is 1.37. The van der Waals surface area contributed by atoms with Crippen molar-refractivity contribution in [3.63, 3.8) is 0 Å². The zero-order valence-electron chi connectivity index (χ0n) is 9.97. The lowest BCUT2D eigenvalue weighted by Gasteiger charge is -2.09. The summed E-state index contributed by atoms with van der Waals surface area (Å²) in [5.41, 5.74) is 0. The first kappa shape index (κ1) is 16.6. The molecule has 0 N–H and O–H groups in total. The maximum absolute atomic E-state index is 11.3. The summed E-state index contributed by atoms with van der Waals surface area (Å²) in [5, 5.41) is 0.211. The maximum Gasteiger partial charge on any atom is 0.265 e. The molecular weight excluding hydrogens is 335 g/mol. The van der Waals surface area contributed by atoms with Crippen LogP contribution in [-0.4, -0.2) is 35.5 Å². The van der Waals surface area contributed by atoms with E-state index in [0.717, 1.165) is 6.26 Å². The lowest BCUT2D eigenvalue weighted by Crippen LogP contribution is -2.09. The molecule has 1 rings (SSSR count). The van der Waals surface area contributed by atoms with E-state index in [4.69, 9.17) is 27.0 Å². The number of sulfone groups is 1. The fourth-order valence-electron chi connectivity index (χ4n) is 1.29. The summed E-state index contributed by atoms with van der Waals surface area (Å²) in [5.74, 6) is 0.0108. The van der Waals surface area contributed by atoms with Crippen molar-refractivity contribution in [2.75, 3.05) is 18.6 Å². The van der Waals surface area contributed by atoms with Gasteiger partial charge in [-0.1, -0.05) is 11.6 Å². The summed E-state index contributed by atoms with van der Waals surface area (Å²) in [6, 6.07) is 4.01. The van der Waals surface area contributed by atoms with E-state index in [1.165, 1.54) is 18.2 Å². The van der Waals surface area contributed by atoms with Crippen LogP contribution in [-0.2, 0) is 18.9 Å². The SMILES string of the molecule is CS(=O)(=O)CCCOc1ccc(Cl)cc1S(=O)(=O)Cl. The van der Waals surface area contributed by atoms with Gasteiger partial charge in [0.25, 0.3) is 9.05 Å². The number of benzene rings is 1. The molecule has 0 spiro atoms. The van der Waals surface area contributed by atoms with Crippen LogP contribution in [0.3, 0.4) is 0 Å². The van der Waals surface area contributed by atoms with Gasteiger partial charge in [0.1, 0.15) is 20.5 Å². The van der Waals surface area contributed by atoms with Gasteiger partial charge in [-0.25, -0.2) is 16.8 Å². The largest absolute Gasteiger partial charge is 0.492 e. The van der Waals surface area contributed by atoms with Crippen LogP contribution < -0.4 is 4.74 Å². The van der Waals surface area contributed by atoms with Crippen LogP contribution in [0.1, 0.15) is 6.42 Å². The van der Waals surface area contributed by atoms with Gasteiger partial charge in [-0.2, -0.15) is 0 Å². The molecule has 108 valence electrons. The van der Waals surface area contributed by atoms with Crippen LogP contribution in [0.25, 0.3) is 0 Å². The van der Waals surface area contributed by atoms with Crippen molar-refractivity contribution in [1.82, 2.24) is 0 Å². The van der Waals surface area contributed by atoms with Gasteiger partial charge in [-0.15, -0.1) is 0 Å². The first-order valence-electron chi connectivity index (χ1n) is 5.14. The molecule has 0 aromatic heterocycles. The van der Waals surface area contributed by atoms with Crippen LogP contribution in [0.2, 0.25) is 5.02 Å². The number of ether oxygens (including phenoxy) is 1. The Morgan fingerprint density at radius 1 is 1.21 bits per heavy atom. The lowest BCUT2D eigenvalue weighted by molar-refractivity contribution is 0.310. The minimum Gasteiger partial charge on any atom is -0.492 e. The average Bonchev–Trinajstić information content (AvgIpc) is 2.23. The topological polar surface area (TPSA) is 77.5 Å². The number of hydrogen-bond acceptors (Lipinski definition) is 5. The van der Waals surface area contributed by atoms with Crippen LogP contribution in [0, 0.1) is 0 Å². The highest BCUT2D eigenvalue weighted by Crippen LogP contribution is 2.29. The number of hydrogen-bond donors (Lipinski definition) is 0. The van der Waals surface area contributed by atoms with Gasteiger partial charge in [0.15, 0.2) is 0 Å². The van der Waals surface area contributed by atoms with E-state index in [1.807, 2.05) is 0 Å². The van der Waals surface area contributed by atoms with E-state index in [9.17, 15) is 16.8 Å². The second kappa shape index (κ2) is 6.30. The zero-order chi connectivity index (χ0) is 14.7. The molecule has 0 fully saturated rings. The normalized spacial score (nSPS) is 12.4. The minimum atomic E-state index is -3.98. The Morgan fingerprint density at radius 3 is 2.37 bits per heavy atom. The van der Waals surface area contributed by atoms with Crippen LogP contribution >= 0.6 is 22.3 Å². The van der Waals surface area contributed by atoms with Gasteiger partial charge >= 0.3 is 0 Å². The molecule has 0 saturated carbocycles. The molecule has 0 radical (unpaired) electrons. The average molecular weight is 347 g/mol. The molecule has 0 bridgehead atoms. The van der Waals surface area contributed by atoms with Crippen molar-refractivity contribution in [1.29, 1.82) is 0 Å². The van der Waals surface area contributed by atoms with Crippen molar-refractivity contribution in [3.8, 4) is 5.75 Å². The summed E-state index contributed by atoms with van der Waals surface area (Å²) >= 11 is 5.69. The van der Waals surface area contributed by atoms with Crippen molar-refractivity contribution >= 4 is 41.2 Å². The molecule has 0 heterocycles. The molecule has 0 aliphatic carbocycles. The quantitative estimate of drug-likeness (QED) is 0.582. The Morgan fingerprint density at radius 2 is 1.84 bits per heavy atom. The fourth-order valence-corrected chi connectivity index (χ4v) is 3.17.